The average Bonchev–Trinajstić information content (AvgIpc) is 2.39. The van der Waals surface area contributed by atoms with E-state index in [0.717, 1.165) is 19.4 Å². The van der Waals surface area contributed by atoms with Crippen LogP contribution in [0.1, 0.15) is 18.4 Å². The lowest BCUT2D eigenvalue weighted by atomic mass is 9.84. The maximum atomic E-state index is 11.4. The van der Waals surface area contributed by atoms with E-state index in [1.807, 2.05) is 6.07 Å². The number of nitrogens with two attached hydrogens (primary N) is 1. The summed E-state index contributed by atoms with van der Waals surface area (Å²) in [6.45, 7) is 2.37. The van der Waals surface area contributed by atoms with Crippen LogP contribution in [0.4, 0.5) is 0 Å². The van der Waals surface area contributed by atoms with E-state index < -0.39 is 0 Å². The van der Waals surface area contributed by atoms with Crippen molar-refractivity contribution >= 4 is 5.91 Å². The maximum Gasteiger partial charge on any atom is 0.220 e. The molecule has 4 nitrogen and oxygen atoms in total. The average molecular weight is 260 g/mol. The van der Waals surface area contributed by atoms with Crippen molar-refractivity contribution in [3.63, 3.8) is 0 Å². The van der Waals surface area contributed by atoms with Crippen molar-refractivity contribution in [1.82, 2.24) is 4.90 Å². The van der Waals surface area contributed by atoms with Crippen LogP contribution in [0.3, 0.4) is 0 Å². The number of hydrogen-bond acceptors (Lipinski definition) is 3. The van der Waals surface area contributed by atoms with Gasteiger partial charge >= 0.3 is 0 Å². The number of morpholine rings is 1. The first kappa shape index (κ1) is 12.6. The molecule has 2 atom stereocenters. The molecular weight excluding hydrogens is 240 g/mol. The van der Waals surface area contributed by atoms with Gasteiger partial charge in [0, 0.05) is 24.5 Å². The molecule has 2 N–H and O–H groups in total. The fourth-order valence-corrected chi connectivity index (χ4v) is 3.27. The van der Waals surface area contributed by atoms with Crippen molar-refractivity contribution in [3.05, 3.63) is 35.9 Å². The number of carbonyl (C=O) groups is 1. The van der Waals surface area contributed by atoms with Crippen LogP contribution in [0, 0.1) is 5.92 Å². The lowest BCUT2D eigenvalue weighted by molar-refractivity contribution is -0.132. The molecule has 2 aliphatic rings. The molecule has 2 fully saturated rings. The fourth-order valence-electron chi connectivity index (χ4n) is 3.27. The molecule has 2 unspecified atom stereocenters. The first-order chi connectivity index (χ1) is 9.24. The first-order valence-electron chi connectivity index (χ1n) is 6.91. The molecule has 1 aromatic rings. The van der Waals surface area contributed by atoms with E-state index in [2.05, 4.69) is 29.2 Å². The summed E-state index contributed by atoms with van der Waals surface area (Å²) >= 11 is 0. The van der Waals surface area contributed by atoms with Crippen molar-refractivity contribution in [2.24, 2.45) is 11.7 Å². The van der Waals surface area contributed by atoms with Crippen LogP contribution in [0.25, 0.3) is 0 Å². The molecule has 2 heterocycles. The van der Waals surface area contributed by atoms with Gasteiger partial charge in [-0.15, -0.1) is 0 Å². The van der Waals surface area contributed by atoms with Gasteiger partial charge in [-0.25, -0.2) is 0 Å². The van der Waals surface area contributed by atoms with Crippen molar-refractivity contribution in [2.45, 2.75) is 31.5 Å². The zero-order valence-electron chi connectivity index (χ0n) is 11.0. The maximum absolute atomic E-state index is 11.4. The van der Waals surface area contributed by atoms with Gasteiger partial charge in [0.25, 0.3) is 0 Å². The van der Waals surface area contributed by atoms with Crippen LogP contribution in [0.2, 0.25) is 0 Å². The highest BCUT2D eigenvalue weighted by Gasteiger charge is 2.40. The van der Waals surface area contributed by atoms with Crippen LogP contribution >= 0.6 is 0 Å². The number of ether oxygens (including phenoxy) is 1. The number of amides is 1. The third-order valence-corrected chi connectivity index (χ3v) is 4.28. The van der Waals surface area contributed by atoms with Crippen LogP contribution in [0.15, 0.2) is 30.3 Å². The Balaban J connectivity index is 1.74. The Morgan fingerprint density at radius 3 is 2.42 bits per heavy atom. The topological polar surface area (TPSA) is 55.6 Å². The Hall–Kier alpha value is -1.39. The molecule has 0 aromatic heterocycles. The fraction of sp³-hybridized carbons (Fsp3) is 0.533. The number of fused-ring (bicyclic) bond motifs is 2. The van der Waals surface area contributed by atoms with Gasteiger partial charge in [-0.05, 0) is 18.4 Å². The Morgan fingerprint density at radius 2 is 1.84 bits per heavy atom. The zero-order valence-corrected chi connectivity index (χ0v) is 11.0. The van der Waals surface area contributed by atoms with Crippen LogP contribution in [-0.4, -0.2) is 36.1 Å². The van der Waals surface area contributed by atoms with Crippen LogP contribution in [0.5, 0.6) is 0 Å². The van der Waals surface area contributed by atoms with Crippen LogP contribution in [-0.2, 0) is 16.1 Å². The summed E-state index contributed by atoms with van der Waals surface area (Å²) in [7, 11) is 0. The largest absolute Gasteiger partial charge is 0.378 e. The molecule has 1 amide bonds. The summed E-state index contributed by atoms with van der Waals surface area (Å²) < 4.78 is 5.64. The zero-order chi connectivity index (χ0) is 13.2. The summed E-state index contributed by atoms with van der Waals surface area (Å²) in [6, 6.07) is 11.1. The number of rotatable bonds is 3. The van der Waals surface area contributed by atoms with Gasteiger partial charge in [-0.1, -0.05) is 30.3 Å². The monoisotopic (exact) mass is 260 g/mol. The first-order valence-corrected chi connectivity index (χ1v) is 6.91. The number of primary amides is 1. The molecule has 2 saturated heterocycles. The molecule has 0 saturated carbocycles. The minimum Gasteiger partial charge on any atom is -0.378 e. The summed E-state index contributed by atoms with van der Waals surface area (Å²) in [5, 5.41) is 0. The number of nitrogens with zero attached hydrogens (tertiary/aromatic N) is 1. The van der Waals surface area contributed by atoms with Gasteiger partial charge in [-0.2, -0.15) is 0 Å². The third-order valence-electron chi connectivity index (χ3n) is 4.28. The van der Waals surface area contributed by atoms with Gasteiger partial charge in [0.2, 0.25) is 5.91 Å². The third kappa shape index (κ3) is 2.65. The second kappa shape index (κ2) is 5.31. The Morgan fingerprint density at radius 1 is 1.21 bits per heavy atom. The van der Waals surface area contributed by atoms with E-state index in [1.54, 1.807) is 0 Å². The second-order valence-corrected chi connectivity index (χ2v) is 5.57. The quantitative estimate of drug-likeness (QED) is 0.887. The molecule has 3 rings (SSSR count). The summed E-state index contributed by atoms with van der Waals surface area (Å²) in [5.41, 5.74) is 6.79. The number of hydrogen-bond donors (Lipinski definition) is 1. The van der Waals surface area contributed by atoms with Gasteiger partial charge < -0.3 is 10.5 Å². The molecule has 0 aliphatic carbocycles. The minimum absolute atomic E-state index is 0.0194. The van der Waals surface area contributed by atoms with Gasteiger partial charge in [-0.3, -0.25) is 9.69 Å². The van der Waals surface area contributed by atoms with E-state index in [-0.39, 0.29) is 11.8 Å². The van der Waals surface area contributed by atoms with E-state index in [4.69, 9.17) is 10.5 Å². The van der Waals surface area contributed by atoms with Crippen LogP contribution < -0.4 is 5.73 Å². The van der Waals surface area contributed by atoms with Crippen molar-refractivity contribution in [1.29, 1.82) is 0 Å². The highest BCUT2D eigenvalue weighted by atomic mass is 16.5. The Labute approximate surface area is 113 Å². The lowest BCUT2D eigenvalue weighted by Crippen LogP contribution is -2.57. The number of carbonyl (C=O) groups excluding carboxylic acids is 1. The van der Waals surface area contributed by atoms with Gasteiger partial charge in [0.05, 0.1) is 13.2 Å². The molecular formula is C15H20N2O2. The van der Waals surface area contributed by atoms with Crippen molar-refractivity contribution in [2.75, 3.05) is 13.2 Å². The number of benzene rings is 1. The van der Waals surface area contributed by atoms with Crippen molar-refractivity contribution in [3.8, 4) is 0 Å². The molecule has 0 radical (unpaired) electrons. The summed E-state index contributed by atoms with van der Waals surface area (Å²) in [4.78, 5) is 13.9. The SMILES string of the molecule is NC(=O)C1CC2COCC(C1)N2Cc1ccccc1. The molecule has 2 aliphatic heterocycles. The Kier molecular flexibility index (Phi) is 3.53. The lowest BCUT2D eigenvalue weighted by Gasteiger charge is -2.47. The normalized spacial score (nSPS) is 31.1. The van der Waals surface area contributed by atoms with E-state index in [9.17, 15) is 4.79 Å². The number of piperidine rings is 1. The van der Waals surface area contributed by atoms with Gasteiger partial charge in [0.15, 0.2) is 0 Å². The standard InChI is InChI=1S/C15H20N2O2/c16-15(18)12-6-13-9-19-10-14(7-12)17(13)8-11-4-2-1-3-5-11/h1-5,12-14H,6-10H2,(H2,16,18). The molecule has 2 bridgehead atoms. The smallest absolute Gasteiger partial charge is 0.220 e. The molecule has 1 aromatic carbocycles. The van der Waals surface area contributed by atoms with E-state index >= 15 is 0 Å². The summed E-state index contributed by atoms with van der Waals surface area (Å²) in [6.07, 6.45) is 1.66. The molecule has 102 valence electrons. The Bertz CT molecular complexity index is 435. The minimum atomic E-state index is -0.156. The highest BCUT2D eigenvalue weighted by molar-refractivity contribution is 5.76. The highest BCUT2D eigenvalue weighted by Crippen LogP contribution is 2.32. The molecule has 19 heavy (non-hydrogen) atoms. The molecule has 0 spiro atoms. The van der Waals surface area contributed by atoms with Crippen molar-refractivity contribution < 1.29 is 9.53 Å². The predicted octanol–water partition coefficient (Wildman–Crippen LogP) is 1.15. The molecule has 4 heteroatoms. The second-order valence-electron chi connectivity index (χ2n) is 5.57. The van der Waals surface area contributed by atoms with E-state index in [1.165, 1.54) is 5.56 Å². The van der Waals surface area contributed by atoms with Gasteiger partial charge in [0.1, 0.15) is 0 Å². The summed E-state index contributed by atoms with van der Waals surface area (Å²) in [5.74, 6) is -0.137. The predicted molar refractivity (Wildman–Crippen MR) is 72.3 cm³/mol. The van der Waals surface area contributed by atoms with E-state index in [0.29, 0.717) is 25.3 Å².